The standard InChI is InChI=1S/C14H10N4/c15-8-14-12-4-3-10(7-13(12)17-18-14)6-11-2-1-5-16-9-11/h1-5,7,9H,6H2,(H,17,18). The molecule has 4 nitrogen and oxygen atoms in total. The SMILES string of the molecule is N#Cc1n[nH]c2cc(Cc3cccnc3)ccc12. The molecule has 2 heterocycles. The second-order valence-corrected chi connectivity index (χ2v) is 4.10. The summed E-state index contributed by atoms with van der Waals surface area (Å²) in [5.41, 5.74) is 3.67. The summed E-state index contributed by atoms with van der Waals surface area (Å²) in [6.07, 6.45) is 4.45. The van der Waals surface area contributed by atoms with Crippen molar-refractivity contribution >= 4 is 10.9 Å². The molecule has 3 aromatic rings. The minimum atomic E-state index is 0.443. The number of nitrogens with zero attached hydrogens (tertiary/aromatic N) is 3. The van der Waals surface area contributed by atoms with Crippen LogP contribution in [0.25, 0.3) is 10.9 Å². The van der Waals surface area contributed by atoms with Crippen LogP contribution in [0.15, 0.2) is 42.7 Å². The zero-order valence-electron chi connectivity index (χ0n) is 9.59. The van der Waals surface area contributed by atoms with Gasteiger partial charge in [0.2, 0.25) is 0 Å². The van der Waals surface area contributed by atoms with Gasteiger partial charge in [-0.25, -0.2) is 0 Å². The summed E-state index contributed by atoms with van der Waals surface area (Å²) >= 11 is 0. The van der Waals surface area contributed by atoms with Crippen molar-refractivity contribution in [3.8, 4) is 6.07 Å². The average molecular weight is 234 g/mol. The van der Waals surface area contributed by atoms with Crippen molar-refractivity contribution in [2.24, 2.45) is 0 Å². The number of benzene rings is 1. The van der Waals surface area contributed by atoms with Gasteiger partial charge in [0, 0.05) is 17.8 Å². The molecule has 0 saturated heterocycles. The summed E-state index contributed by atoms with van der Waals surface area (Å²) in [5, 5.41) is 16.6. The zero-order valence-corrected chi connectivity index (χ0v) is 9.59. The Labute approximate surface area is 104 Å². The average Bonchev–Trinajstić information content (AvgIpc) is 2.82. The van der Waals surface area contributed by atoms with E-state index in [1.54, 1.807) is 6.20 Å². The van der Waals surface area contributed by atoms with Crippen LogP contribution in [0, 0.1) is 11.3 Å². The molecule has 18 heavy (non-hydrogen) atoms. The first-order valence-corrected chi connectivity index (χ1v) is 5.63. The lowest BCUT2D eigenvalue weighted by Gasteiger charge is -2.01. The Balaban J connectivity index is 1.97. The highest BCUT2D eigenvalue weighted by Gasteiger charge is 2.05. The number of pyridine rings is 1. The smallest absolute Gasteiger partial charge is 0.170 e. The van der Waals surface area contributed by atoms with E-state index in [0.29, 0.717) is 5.69 Å². The van der Waals surface area contributed by atoms with E-state index in [1.807, 2.05) is 36.5 Å². The zero-order chi connectivity index (χ0) is 12.4. The fourth-order valence-corrected chi connectivity index (χ4v) is 2.00. The Bertz CT molecular complexity index is 722. The first kappa shape index (κ1) is 10.5. The number of H-pyrrole nitrogens is 1. The Kier molecular flexibility index (Phi) is 2.50. The number of rotatable bonds is 2. The first-order valence-electron chi connectivity index (χ1n) is 5.63. The van der Waals surface area contributed by atoms with Crippen LogP contribution in [-0.2, 0) is 6.42 Å². The third kappa shape index (κ3) is 1.82. The van der Waals surface area contributed by atoms with E-state index in [-0.39, 0.29) is 0 Å². The number of nitrogens with one attached hydrogen (secondary N) is 1. The van der Waals surface area contributed by atoms with Crippen LogP contribution >= 0.6 is 0 Å². The predicted molar refractivity (Wildman–Crippen MR) is 67.9 cm³/mol. The molecule has 86 valence electrons. The Morgan fingerprint density at radius 1 is 1.22 bits per heavy atom. The van der Waals surface area contributed by atoms with Crippen molar-refractivity contribution < 1.29 is 0 Å². The van der Waals surface area contributed by atoms with Crippen LogP contribution in [0.1, 0.15) is 16.8 Å². The van der Waals surface area contributed by atoms with Gasteiger partial charge < -0.3 is 0 Å². The molecule has 2 aromatic heterocycles. The largest absolute Gasteiger partial charge is 0.276 e. The van der Waals surface area contributed by atoms with E-state index in [0.717, 1.165) is 22.9 Å². The van der Waals surface area contributed by atoms with Crippen LogP contribution in [0.2, 0.25) is 0 Å². The quantitative estimate of drug-likeness (QED) is 0.740. The molecule has 0 radical (unpaired) electrons. The summed E-state index contributed by atoms with van der Waals surface area (Å²) in [5.74, 6) is 0. The van der Waals surface area contributed by atoms with Gasteiger partial charge in [-0.2, -0.15) is 10.4 Å². The third-order valence-electron chi connectivity index (χ3n) is 2.86. The molecular weight excluding hydrogens is 224 g/mol. The van der Waals surface area contributed by atoms with E-state index in [9.17, 15) is 0 Å². The normalized spacial score (nSPS) is 10.4. The van der Waals surface area contributed by atoms with Crippen molar-refractivity contribution in [2.45, 2.75) is 6.42 Å². The fraction of sp³-hybridized carbons (Fsp3) is 0.0714. The maximum absolute atomic E-state index is 8.89. The number of aromatic amines is 1. The fourth-order valence-electron chi connectivity index (χ4n) is 2.00. The summed E-state index contributed by atoms with van der Waals surface area (Å²) in [6.45, 7) is 0. The maximum Gasteiger partial charge on any atom is 0.170 e. The van der Waals surface area contributed by atoms with Gasteiger partial charge in [0.05, 0.1) is 5.52 Å². The second kappa shape index (κ2) is 4.30. The monoisotopic (exact) mass is 234 g/mol. The van der Waals surface area contributed by atoms with Crippen molar-refractivity contribution in [2.75, 3.05) is 0 Å². The number of aromatic nitrogens is 3. The summed E-state index contributed by atoms with van der Waals surface area (Å²) in [6, 6.07) is 12.0. The van der Waals surface area contributed by atoms with E-state index in [2.05, 4.69) is 21.3 Å². The van der Waals surface area contributed by atoms with Crippen LogP contribution < -0.4 is 0 Å². The first-order chi connectivity index (χ1) is 8.86. The van der Waals surface area contributed by atoms with Crippen molar-refractivity contribution in [1.29, 1.82) is 5.26 Å². The molecule has 1 aromatic carbocycles. The molecule has 0 unspecified atom stereocenters. The van der Waals surface area contributed by atoms with Gasteiger partial charge in [-0.05, 0) is 35.7 Å². The van der Waals surface area contributed by atoms with Gasteiger partial charge in [0.1, 0.15) is 6.07 Å². The minimum absolute atomic E-state index is 0.443. The predicted octanol–water partition coefficient (Wildman–Crippen LogP) is 2.42. The molecule has 0 spiro atoms. The van der Waals surface area contributed by atoms with E-state index in [4.69, 9.17) is 5.26 Å². The lowest BCUT2D eigenvalue weighted by atomic mass is 10.0. The highest BCUT2D eigenvalue weighted by molar-refractivity contribution is 5.84. The van der Waals surface area contributed by atoms with Gasteiger partial charge >= 0.3 is 0 Å². The van der Waals surface area contributed by atoms with E-state index >= 15 is 0 Å². The molecule has 0 aliphatic rings. The number of hydrogen-bond acceptors (Lipinski definition) is 3. The van der Waals surface area contributed by atoms with Crippen LogP contribution in [0.5, 0.6) is 0 Å². The Morgan fingerprint density at radius 3 is 2.94 bits per heavy atom. The number of fused-ring (bicyclic) bond motifs is 1. The molecule has 4 heteroatoms. The van der Waals surface area contributed by atoms with Gasteiger partial charge in [0.25, 0.3) is 0 Å². The van der Waals surface area contributed by atoms with Gasteiger partial charge in [0.15, 0.2) is 5.69 Å². The van der Waals surface area contributed by atoms with E-state index in [1.165, 1.54) is 5.56 Å². The lowest BCUT2D eigenvalue weighted by molar-refractivity contribution is 1.09. The van der Waals surface area contributed by atoms with Crippen LogP contribution in [0.3, 0.4) is 0 Å². The molecule has 0 saturated carbocycles. The van der Waals surface area contributed by atoms with Gasteiger partial charge in [-0.3, -0.25) is 10.1 Å². The van der Waals surface area contributed by atoms with E-state index < -0.39 is 0 Å². The van der Waals surface area contributed by atoms with Crippen molar-refractivity contribution in [3.05, 3.63) is 59.5 Å². The minimum Gasteiger partial charge on any atom is -0.276 e. The number of hydrogen-bond donors (Lipinski definition) is 1. The molecular formula is C14H10N4. The molecule has 0 aliphatic heterocycles. The van der Waals surface area contributed by atoms with Gasteiger partial charge in [-0.15, -0.1) is 0 Å². The summed E-state index contributed by atoms with van der Waals surface area (Å²) < 4.78 is 0. The van der Waals surface area contributed by atoms with Crippen LogP contribution in [-0.4, -0.2) is 15.2 Å². The molecule has 3 rings (SSSR count). The number of nitriles is 1. The van der Waals surface area contributed by atoms with Gasteiger partial charge in [-0.1, -0.05) is 12.1 Å². The second-order valence-electron chi connectivity index (χ2n) is 4.10. The molecule has 0 bridgehead atoms. The Hall–Kier alpha value is -2.67. The topological polar surface area (TPSA) is 65.4 Å². The van der Waals surface area contributed by atoms with Crippen LogP contribution in [0.4, 0.5) is 0 Å². The summed E-state index contributed by atoms with van der Waals surface area (Å²) in [7, 11) is 0. The van der Waals surface area contributed by atoms with Crippen molar-refractivity contribution in [3.63, 3.8) is 0 Å². The maximum atomic E-state index is 8.89. The lowest BCUT2D eigenvalue weighted by Crippen LogP contribution is -1.88. The van der Waals surface area contributed by atoms with Crippen molar-refractivity contribution in [1.82, 2.24) is 15.2 Å². The molecule has 1 N–H and O–H groups in total. The highest BCUT2D eigenvalue weighted by atomic mass is 15.1. The molecule has 0 amide bonds. The third-order valence-corrected chi connectivity index (χ3v) is 2.86. The molecule has 0 atom stereocenters. The highest BCUT2D eigenvalue weighted by Crippen LogP contribution is 2.18. The molecule has 0 aliphatic carbocycles. The molecule has 0 fully saturated rings. The Morgan fingerprint density at radius 2 is 2.17 bits per heavy atom. The summed E-state index contributed by atoms with van der Waals surface area (Å²) in [4.78, 5) is 4.10.